The lowest BCUT2D eigenvalue weighted by molar-refractivity contribution is -0.173. The molecule has 2 amide bonds. The van der Waals surface area contributed by atoms with Crippen molar-refractivity contribution in [1.29, 1.82) is 0 Å². The molecule has 1 spiro atoms. The number of likely N-dealkylation sites (tertiary alicyclic amines) is 1. The number of hydrogen-bond donors (Lipinski definition) is 2. The second-order valence-corrected chi connectivity index (χ2v) is 10.8. The zero-order valence-electron chi connectivity index (χ0n) is 17.4. The highest BCUT2D eigenvalue weighted by atomic mass is 16.5. The van der Waals surface area contributed by atoms with Crippen LogP contribution in [0.1, 0.15) is 68.1 Å². The van der Waals surface area contributed by atoms with Gasteiger partial charge in [0.2, 0.25) is 5.91 Å². The van der Waals surface area contributed by atoms with Crippen LogP contribution in [0.3, 0.4) is 0 Å². The van der Waals surface area contributed by atoms with Gasteiger partial charge in [0.25, 0.3) is 5.91 Å². The number of fused-ring (bicyclic) bond motifs is 1. The Kier molecular flexibility index (Phi) is 3.87. The Balaban J connectivity index is 1.12. The Morgan fingerprint density at radius 3 is 2.53 bits per heavy atom. The first-order valence-electron chi connectivity index (χ1n) is 11.5. The molecule has 0 radical (unpaired) electrons. The van der Waals surface area contributed by atoms with Crippen LogP contribution in [0.5, 0.6) is 5.75 Å². The quantitative estimate of drug-likeness (QED) is 0.786. The second kappa shape index (κ2) is 6.22. The molecular weight excluding hydrogens is 380 g/mol. The summed E-state index contributed by atoms with van der Waals surface area (Å²) >= 11 is 0. The summed E-state index contributed by atoms with van der Waals surface area (Å²) in [5.74, 6) is 1.93. The molecule has 2 atom stereocenters. The molecule has 4 aliphatic carbocycles. The first-order chi connectivity index (χ1) is 14.4. The topological polar surface area (TPSA) is 78.9 Å². The zero-order valence-corrected chi connectivity index (χ0v) is 17.4. The number of carbonyl (C=O) groups excluding carboxylic acids is 2. The maximum Gasteiger partial charge on any atom is 0.258 e. The molecule has 1 aromatic carbocycles. The van der Waals surface area contributed by atoms with Gasteiger partial charge in [0.1, 0.15) is 5.75 Å². The summed E-state index contributed by atoms with van der Waals surface area (Å²) in [6.45, 7) is 1.18. The standard InChI is InChI=1S/C24H30N2O4/c27-20(14-22-10-16-9-17(11-22)13-23(29,12-16)15-22)26-7-5-24(6-8-26)25-21(28)18-3-1-2-4-19(18)30-24/h1-4,16-17,29H,5-15H2,(H,25,28)/t16-,17-,22?,23?/m1/s1. The molecule has 1 aromatic rings. The minimum absolute atomic E-state index is 0.000451. The van der Waals surface area contributed by atoms with Crippen molar-refractivity contribution in [2.24, 2.45) is 17.3 Å². The molecule has 4 saturated carbocycles. The van der Waals surface area contributed by atoms with Gasteiger partial charge in [-0.2, -0.15) is 0 Å². The first-order valence-corrected chi connectivity index (χ1v) is 11.5. The predicted octanol–water partition coefficient (Wildman–Crippen LogP) is 2.85. The molecule has 30 heavy (non-hydrogen) atoms. The summed E-state index contributed by atoms with van der Waals surface area (Å²) in [5.41, 5.74) is -0.664. The van der Waals surface area contributed by atoms with E-state index in [0.29, 0.717) is 55.5 Å². The van der Waals surface area contributed by atoms with Crippen molar-refractivity contribution in [2.75, 3.05) is 13.1 Å². The smallest absolute Gasteiger partial charge is 0.258 e. The van der Waals surface area contributed by atoms with Gasteiger partial charge in [-0.25, -0.2) is 0 Å². The van der Waals surface area contributed by atoms with Gasteiger partial charge in [0, 0.05) is 32.4 Å². The van der Waals surface area contributed by atoms with E-state index >= 15 is 0 Å². The number of carbonyl (C=O) groups is 2. The maximum atomic E-state index is 13.2. The zero-order chi connectivity index (χ0) is 20.6. The monoisotopic (exact) mass is 410 g/mol. The third-order valence-corrected chi connectivity index (χ3v) is 8.38. The molecule has 6 aliphatic rings. The third kappa shape index (κ3) is 2.95. The van der Waals surface area contributed by atoms with Crippen LogP contribution in [0.15, 0.2) is 24.3 Å². The average Bonchev–Trinajstić information content (AvgIpc) is 2.66. The summed E-state index contributed by atoms with van der Waals surface area (Å²) in [4.78, 5) is 27.7. The lowest BCUT2D eigenvalue weighted by Gasteiger charge is -2.60. The molecule has 7 rings (SSSR count). The van der Waals surface area contributed by atoms with Gasteiger partial charge >= 0.3 is 0 Å². The molecule has 5 fully saturated rings. The van der Waals surface area contributed by atoms with Gasteiger partial charge in [0.15, 0.2) is 5.72 Å². The molecule has 2 aliphatic heterocycles. The number of piperidine rings is 1. The largest absolute Gasteiger partial charge is 0.467 e. The fourth-order valence-corrected chi connectivity index (χ4v) is 7.64. The summed E-state index contributed by atoms with van der Waals surface area (Å²) in [6.07, 6.45) is 7.87. The molecule has 6 nitrogen and oxygen atoms in total. The number of hydrogen-bond acceptors (Lipinski definition) is 4. The number of nitrogens with one attached hydrogen (secondary N) is 1. The normalized spacial score (nSPS) is 38.2. The molecule has 0 aromatic heterocycles. The van der Waals surface area contributed by atoms with Gasteiger partial charge in [0.05, 0.1) is 11.2 Å². The molecule has 4 bridgehead atoms. The summed E-state index contributed by atoms with van der Waals surface area (Å²) in [6, 6.07) is 7.33. The lowest BCUT2D eigenvalue weighted by atomic mass is 9.47. The number of amides is 2. The van der Waals surface area contributed by atoms with Crippen LogP contribution >= 0.6 is 0 Å². The predicted molar refractivity (Wildman–Crippen MR) is 110 cm³/mol. The lowest BCUT2D eigenvalue weighted by Crippen LogP contribution is -2.62. The third-order valence-electron chi connectivity index (χ3n) is 8.38. The van der Waals surface area contributed by atoms with Crippen LogP contribution in [0, 0.1) is 17.3 Å². The van der Waals surface area contributed by atoms with E-state index in [-0.39, 0.29) is 17.2 Å². The SMILES string of the molecule is O=C1NC2(CCN(C(=O)CC34C[C@H]5C[C@@H](CC(O)(C5)C3)C4)CC2)Oc2ccccc21. The van der Waals surface area contributed by atoms with Crippen molar-refractivity contribution in [2.45, 2.75) is 69.1 Å². The van der Waals surface area contributed by atoms with E-state index < -0.39 is 11.3 Å². The number of ether oxygens (including phenoxy) is 1. The van der Waals surface area contributed by atoms with E-state index in [9.17, 15) is 14.7 Å². The van der Waals surface area contributed by atoms with Crippen molar-refractivity contribution in [1.82, 2.24) is 10.2 Å². The van der Waals surface area contributed by atoms with Crippen LogP contribution in [0.4, 0.5) is 0 Å². The molecule has 6 heteroatoms. The summed E-state index contributed by atoms with van der Waals surface area (Å²) < 4.78 is 6.20. The van der Waals surface area contributed by atoms with E-state index in [1.165, 1.54) is 6.42 Å². The van der Waals surface area contributed by atoms with Crippen molar-refractivity contribution < 1.29 is 19.4 Å². The highest BCUT2D eigenvalue weighted by molar-refractivity contribution is 5.98. The summed E-state index contributed by atoms with van der Waals surface area (Å²) in [7, 11) is 0. The number of rotatable bonds is 2. The molecular formula is C24H30N2O4. The fraction of sp³-hybridized carbons (Fsp3) is 0.667. The van der Waals surface area contributed by atoms with Crippen molar-refractivity contribution in [3.8, 4) is 5.75 Å². The van der Waals surface area contributed by atoms with Crippen molar-refractivity contribution >= 4 is 11.8 Å². The second-order valence-electron chi connectivity index (χ2n) is 10.8. The maximum absolute atomic E-state index is 13.2. The molecule has 1 saturated heterocycles. The molecule has 160 valence electrons. The van der Waals surface area contributed by atoms with Crippen LogP contribution in [0.2, 0.25) is 0 Å². The van der Waals surface area contributed by atoms with E-state index in [1.807, 2.05) is 23.1 Å². The minimum Gasteiger partial charge on any atom is -0.467 e. The first kappa shape index (κ1) is 18.7. The minimum atomic E-state index is -0.710. The Morgan fingerprint density at radius 2 is 1.83 bits per heavy atom. The number of aliphatic hydroxyl groups is 1. The van der Waals surface area contributed by atoms with Gasteiger partial charge in [-0.05, 0) is 67.9 Å². The van der Waals surface area contributed by atoms with Crippen LogP contribution < -0.4 is 10.1 Å². The average molecular weight is 411 g/mol. The van der Waals surface area contributed by atoms with Crippen LogP contribution in [-0.2, 0) is 4.79 Å². The molecule has 2 heterocycles. The van der Waals surface area contributed by atoms with Crippen LogP contribution in [0.25, 0.3) is 0 Å². The van der Waals surface area contributed by atoms with Gasteiger partial charge in [-0.1, -0.05) is 12.1 Å². The van der Waals surface area contributed by atoms with Crippen LogP contribution in [-0.4, -0.2) is 46.2 Å². The van der Waals surface area contributed by atoms with Gasteiger partial charge < -0.3 is 20.1 Å². The molecule has 0 unspecified atom stereocenters. The van der Waals surface area contributed by atoms with Gasteiger partial charge in [-0.15, -0.1) is 0 Å². The highest BCUT2D eigenvalue weighted by Crippen LogP contribution is 2.63. The Morgan fingerprint density at radius 1 is 1.13 bits per heavy atom. The molecule has 2 N–H and O–H groups in total. The van der Waals surface area contributed by atoms with Gasteiger partial charge in [-0.3, -0.25) is 9.59 Å². The summed E-state index contributed by atoms with van der Waals surface area (Å²) in [5, 5.41) is 14.0. The Labute approximate surface area is 177 Å². The Hall–Kier alpha value is -2.08. The number of para-hydroxylation sites is 1. The number of nitrogens with zero attached hydrogens (tertiary/aromatic N) is 1. The van der Waals surface area contributed by atoms with Crippen molar-refractivity contribution in [3.05, 3.63) is 29.8 Å². The Bertz CT molecular complexity index is 890. The van der Waals surface area contributed by atoms with E-state index in [0.717, 1.165) is 32.1 Å². The van der Waals surface area contributed by atoms with E-state index in [2.05, 4.69) is 5.32 Å². The fourth-order valence-electron chi connectivity index (χ4n) is 7.64. The number of benzene rings is 1. The van der Waals surface area contributed by atoms with E-state index in [4.69, 9.17) is 4.74 Å². The van der Waals surface area contributed by atoms with Crippen molar-refractivity contribution in [3.63, 3.8) is 0 Å². The highest BCUT2D eigenvalue weighted by Gasteiger charge is 2.58. The van der Waals surface area contributed by atoms with E-state index in [1.54, 1.807) is 6.07 Å².